The first-order valence-electron chi connectivity index (χ1n) is 22.9. The molecule has 1 aliphatic heterocycles. The fourth-order valence-electron chi connectivity index (χ4n) is 6.89. The van der Waals surface area contributed by atoms with E-state index in [1.165, 1.54) is 109 Å². The number of rotatable bonds is 38. The molecular weight excluding hydrogens is 765 g/mol. The largest absolute Gasteiger partial charge is 0.462 e. The van der Waals surface area contributed by atoms with Crippen molar-refractivity contribution in [3.05, 3.63) is 24.3 Å². The molecule has 0 amide bonds. The number of carbonyl (C=O) groups excluding carboxylic acids is 2. The molecule has 0 radical (unpaired) electrons. The van der Waals surface area contributed by atoms with Gasteiger partial charge in [-0.3, -0.25) is 14.1 Å². The molecule has 1 fully saturated rings. The van der Waals surface area contributed by atoms with Crippen LogP contribution >= 0.6 is 0 Å². The molecular formula is C45H82O12S. The molecule has 0 bridgehead atoms. The van der Waals surface area contributed by atoms with E-state index in [-0.39, 0.29) is 19.4 Å². The van der Waals surface area contributed by atoms with Crippen LogP contribution in [0.3, 0.4) is 0 Å². The Kier molecular flexibility index (Phi) is 33.5. The van der Waals surface area contributed by atoms with Crippen LogP contribution in [0.15, 0.2) is 24.3 Å². The van der Waals surface area contributed by atoms with Crippen molar-refractivity contribution in [2.24, 2.45) is 0 Å². The molecule has 2 unspecified atom stereocenters. The highest BCUT2D eigenvalue weighted by Gasteiger charge is 2.46. The highest BCUT2D eigenvalue weighted by Crippen LogP contribution is 2.24. The lowest BCUT2D eigenvalue weighted by Crippen LogP contribution is -2.60. The maximum Gasteiger partial charge on any atom is 0.306 e. The van der Waals surface area contributed by atoms with Gasteiger partial charge in [0.25, 0.3) is 10.1 Å². The van der Waals surface area contributed by atoms with E-state index in [0.29, 0.717) is 12.8 Å². The minimum absolute atomic E-state index is 0.146. The summed E-state index contributed by atoms with van der Waals surface area (Å²) >= 11 is 0. The summed E-state index contributed by atoms with van der Waals surface area (Å²) in [5.74, 6) is -2.00. The van der Waals surface area contributed by atoms with Crippen LogP contribution in [0.1, 0.15) is 194 Å². The number of aliphatic hydroxyl groups is 3. The maximum atomic E-state index is 12.8. The molecule has 0 aromatic carbocycles. The highest BCUT2D eigenvalue weighted by atomic mass is 32.2. The van der Waals surface area contributed by atoms with Crippen LogP contribution in [0, 0.1) is 0 Å². The summed E-state index contributed by atoms with van der Waals surface area (Å²) in [6.07, 6.45) is 29.3. The van der Waals surface area contributed by atoms with Gasteiger partial charge in [0, 0.05) is 12.8 Å². The molecule has 58 heavy (non-hydrogen) atoms. The molecule has 0 aromatic rings. The van der Waals surface area contributed by atoms with Crippen molar-refractivity contribution in [2.45, 2.75) is 230 Å². The maximum absolute atomic E-state index is 12.8. The van der Waals surface area contributed by atoms with E-state index in [4.69, 9.17) is 18.9 Å². The molecule has 1 aliphatic rings. The zero-order chi connectivity index (χ0) is 42.7. The van der Waals surface area contributed by atoms with Gasteiger partial charge < -0.3 is 34.3 Å². The number of aliphatic hydroxyl groups excluding tert-OH is 3. The van der Waals surface area contributed by atoms with Crippen LogP contribution in [-0.2, 0) is 38.7 Å². The van der Waals surface area contributed by atoms with Crippen molar-refractivity contribution in [2.75, 3.05) is 19.0 Å². The predicted octanol–water partition coefficient (Wildman–Crippen LogP) is 9.23. The minimum Gasteiger partial charge on any atom is -0.462 e. The van der Waals surface area contributed by atoms with Crippen LogP contribution in [0.25, 0.3) is 0 Å². The van der Waals surface area contributed by atoms with E-state index in [1.807, 2.05) is 0 Å². The monoisotopic (exact) mass is 847 g/mol. The number of hydrogen-bond donors (Lipinski definition) is 4. The van der Waals surface area contributed by atoms with Crippen LogP contribution < -0.4 is 0 Å². The molecule has 0 saturated carbocycles. The Morgan fingerprint density at radius 3 is 1.50 bits per heavy atom. The molecule has 1 heterocycles. The SMILES string of the molecule is CCCC/C=C/CCCCCCCCCCCC(=O)OC[C@H](CO[C@H]1O[C@H](CS(=O)(=O)O)[C@@H](O)C(O)C1O)OC(=O)CCCCC/C=C/CCCCCCCCCC. The van der Waals surface area contributed by atoms with Gasteiger partial charge in [-0.25, -0.2) is 0 Å². The fourth-order valence-corrected chi connectivity index (χ4v) is 7.58. The third kappa shape index (κ3) is 30.2. The van der Waals surface area contributed by atoms with Gasteiger partial charge in [0.2, 0.25) is 0 Å². The minimum atomic E-state index is -4.60. The molecule has 1 rings (SSSR count). The number of unbranched alkanes of at least 4 members (excludes halogenated alkanes) is 22. The number of carbonyl (C=O) groups is 2. The van der Waals surface area contributed by atoms with E-state index >= 15 is 0 Å². The summed E-state index contributed by atoms with van der Waals surface area (Å²) in [5, 5.41) is 30.9. The number of allylic oxidation sites excluding steroid dienone is 4. The predicted molar refractivity (Wildman–Crippen MR) is 229 cm³/mol. The molecule has 0 aliphatic carbocycles. The van der Waals surface area contributed by atoms with E-state index in [2.05, 4.69) is 38.2 Å². The Morgan fingerprint density at radius 1 is 0.569 bits per heavy atom. The van der Waals surface area contributed by atoms with Crippen molar-refractivity contribution in [3.8, 4) is 0 Å². The molecule has 12 nitrogen and oxygen atoms in total. The van der Waals surface area contributed by atoms with Crippen molar-refractivity contribution in [1.29, 1.82) is 0 Å². The van der Waals surface area contributed by atoms with Crippen molar-refractivity contribution < 1.29 is 56.8 Å². The molecule has 0 aromatic heterocycles. The molecule has 6 atom stereocenters. The van der Waals surface area contributed by atoms with Gasteiger partial charge >= 0.3 is 11.9 Å². The lowest BCUT2D eigenvalue weighted by Gasteiger charge is -2.40. The van der Waals surface area contributed by atoms with Gasteiger partial charge in [-0.05, 0) is 57.8 Å². The molecule has 340 valence electrons. The Bertz CT molecular complexity index is 1180. The molecule has 13 heteroatoms. The van der Waals surface area contributed by atoms with E-state index < -0.39 is 71.2 Å². The first-order valence-corrected chi connectivity index (χ1v) is 24.5. The third-order valence-electron chi connectivity index (χ3n) is 10.5. The number of hydrogen-bond acceptors (Lipinski definition) is 11. The number of esters is 2. The Balaban J connectivity index is 2.45. The standard InChI is InChI=1S/C45H82O12S/c1-3-5-7-9-11-13-15-17-19-21-23-25-27-29-31-33-40(46)54-35-38(36-55-45-44(50)43(49)42(48)39(57-45)37-58(51,52)53)56-41(47)34-32-30-28-26-24-22-20-18-16-14-12-10-8-6-4-2/h9,11,22,24,38-39,42-45,48-50H,3-8,10,12-21,23,25-37H2,1-2H3,(H,51,52,53)/b11-9+,24-22+/t38-,39-,42-,43?,44?,45+/m1/s1. The Hall–Kier alpha value is -1.87. The third-order valence-corrected chi connectivity index (χ3v) is 11.3. The van der Waals surface area contributed by atoms with Crippen LogP contribution in [0.5, 0.6) is 0 Å². The average Bonchev–Trinajstić information content (AvgIpc) is 3.18. The lowest BCUT2D eigenvalue weighted by molar-refractivity contribution is -0.297. The van der Waals surface area contributed by atoms with Gasteiger partial charge in [0.15, 0.2) is 12.4 Å². The topological polar surface area (TPSA) is 186 Å². The van der Waals surface area contributed by atoms with Crippen LogP contribution in [-0.4, -0.2) is 96.0 Å². The molecule has 4 N–H and O–H groups in total. The molecule has 0 spiro atoms. The first-order chi connectivity index (χ1) is 28.0. The van der Waals surface area contributed by atoms with Crippen LogP contribution in [0.2, 0.25) is 0 Å². The van der Waals surface area contributed by atoms with Gasteiger partial charge in [-0.1, -0.05) is 147 Å². The zero-order valence-electron chi connectivity index (χ0n) is 36.2. The molecule has 1 saturated heterocycles. The van der Waals surface area contributed by atoms with Gasteiger partial charge in [0.1, 0.15) is 36.8 Å². The van der Waals surface area contributed by atoms with Crippen molar-refractivity contribution >= 4 is 22.1 Å². The fraction of sp³-hybridized carbons (Fsp3) is 0.867. The quantitative estimate of drug-likeness (QED) is 0.0200. The van der Waals surface area contributed by atoms with E-state index in [9.17, 15) is 37.9 Å². The van der Waals surface area contributed by atoms with Crippen molar-refractivity contribution in [1.82, 2.24) is 0 Å². The van der Waals surface area contributed by atoms with Crippen LogP contribution in [0.4, 0.5) is 0 Å². The van der Waals surface area contributed by atoms with E-state index in [0.717, 1.165) is 44.9 Å². The Labute approximate surface area is 351 Å². The number of ether oxygens (including phenoxy) is 4. The summed E-state index contributed by atoms with van der Waals surface area (Å²) in [5.41, 5.74) is 0. The van der Waals surface area contributed by atoms with Gasteiger partial charge in [0.05, 0.1) is 6.61 Å². The summed E-state index contributed by atoms with van der Waals surface area (Å²) < 4.78 is 54.0. The summed E-state index contributed by atoms with van der Waals surface area (Å²) in [6, 6.07) is 0. The second-order valence-corrected chi connectivity index (χ2v) is 17.6. The van der Waals surface area contributed by atoms with Crippen molar-refractivity contribution in [3.63, 3.8) is 0 Å². The normalized spacial score (nSPS) is 20.6. The summed E-state index contributed by atoms with van der Waals surface area (Å²) in [6.45, 7) is 3.72. The lowest BCUT2D eigenvalue weighted by atomic mass is 10.00. The smallest absolute Gasteiger partial charge is 0.306 e. The average molecular weight is 847 g/mol. The van der Waals surface area contributed by atoms with Gasteiger partial charge in [-0.2, -0.15) is 8.42 Å². The summed E-state index contributed by atoms with van der Waals surface area (Å²) in [7, 11) is -4.60. The summed E-state index contributed by atoms with van der Waals surface area (Å²) in [4.78, 5) is 25.4. The second-order valence-electron chi connectivity index (χ2n) is 16.1. The Morgan fingerprint density at radius 2 is 1.00 bits per heavy atom. The zero-order valence-corrected chi connectivity index (χ0v) is 37.0. The second kappa shape index (κ2) is 35.8. The van der Waals surface area contributed by atoms with E-state index in [1.54, 1.807) is 0 Å². The first kappa shape index (κ1) is 54.1. The van der Waals surface area contributed by atoms with Gasteiger partial charge in [-0.15, -0.1) is 0 Å². The highest BCUT2D eigenvalue weighted by molar-refractivity contribution is 7.85.